The Bertz CT molecular complexity index is 613. The van der Waals surface area contributed by atoms with E-state index < -0.39 is 0 Å². The summed E-state index contributed by atoms with van der Waals surface area (Å²) in [5.41, 5.74) is 3.42. The molecule has 1 aromatic heterocycles. The van der Waals surface area contributed by atoms with E-state index in [1.807, 2.05) is 6.07 Å². The van der Waals surface area contributed by atoms with Crippen LogP contribution in [-0.2, 0) is 0 Å². The minimum absolute atomic E-state index is 0. The van der Waals surface area contributed by atoms with E-state index in [-0.39, 0.29) is 18.4 Å². The van der Waals surface area contributed by atoms with E-state index in [9.17, 15) is 0 Å². The van der Waals surface area contributed by atoms with Crippen molar-refractivity contribution >= 4 is 12.4 Å². The van der Waals surface area contributed by atoms with Gasteiger partial charge in [-0.25, -0.2) is 0 Å². The van der Waals surface area contributed by atoms with Crippen LogP contribution in [0, 0.1) is 13.8 Å². The van der Waals surface area contributed by atoms with Crippen molar-refractivity contribution in [3.63, 3.8) is 0 Å². The average molecular weight is 309 g/mol. The summed E-state index contributed by atoms with van der Waals surface area (Å²) in [7, 11) is 2.10. The number of halogens is 1. The molecule has 1 atom stereocenters. The molecule has 1 saturated heterocycles. The SMILES string of the molecule is Cc1ccc(-c2nc(C3CNCCN3C)no2)c(C)c1.Cl. The number of rotatable bonds is 2. The smallest absolute Gasteiger partial charge is 0.258 e. The van der Waals surface area contributed by atoms with Crippen LogP contribution in [0.15, 0.2) is 22.7 Å². The van der Waals surface area contributed by atoms with Crippen LogP contribution in [0.25, 0.3) is 11.5 Å². The standard InChI is InChI=1S/C15H20N4O.ClH/c1-10-4-5-12(11(2)8-10)15-17-14(18-20-15)13-9-16-6-7-19(13)3;/h4-5,8,13,16H,6-7,9H2,1-3H3;1H. The lowest BCUT2D eigenvalue weighted by Crippen LogP contribution is -2.44. The molecule has 5 nitrogen and oxygen atoms in total. The second kappa shape index (κ2) is 6.56. The van der Waals surface area contributed by atoms with E-state index in [0.717, 1.165) is 36.6 Å². The lowest BCUT2D eigenvalue weighted by atomic mass is 10.1. The van der Waals surface area contributed by atoms with Gasteiger partial charge in [0.15, 0.2) is 5.82 Å². The second-order valence-corrected chi connectivity index (χ2v) is 5.48. The summed E-state index contributed by atoms with van der Waals surface area (Å²) in [6, 6.07) is 6.44. The van der Waals surface area contributed by atoms with Crippen molar-refractivity contribution in [3.8, 4) is 11.5 Å². The third-order valence-electron chi connectivity index (χ3n) is 3.86. The quantitative estimate of drug-likeness (QED) is 0.923. The summed E-state index contributed by atoms with van der Waals surface area (Å²) in [4.78, 5) is 6.84. The molecular weight excluding hydrogens is 288 g/mol. The minimum Gasteiger partial charge on any atom is -0.334 e. The summed E-state index contributed by atoms with van der Waals surface area (Å²) in [6.45, 7) is 7.02. The average Bonchev–Trinajstić information content (AvgIpc) is 2.88. The summed E-state index contributed by atoms with van der Waals surface area (Å²) in [5.74, 6) is 1.37. The van der Waals surface area contributed by atoms with Crippen LogP contribution in [0.2, 0.25) is 0 Å². The Morgan fingerprint density at radius 1 is 1.33 bits per heavy atom. The summed E-state index contributed by atoms with van der Waals surface area (Å²) in [5, 5.41) is 7.53. The Labute approximate surface area is 131 Å². The number of hydrogen-bond donors (Lipinski definition) is 1. The van der Waals surface area contributed by atoms with Crippen LogP contribution in [0.1, 0.15) is 23.0 Å². The number of nitrogens with one attached hydrogen (secondary N) is 1. The monoisotopic (exact) mass is 308 g/mol. The van der Waals surface area contributed by atoms with Gasteiger partial charge in [0.25, 0.3) is 5.89 Å². The predicted octanol–water partition coefficient (Wildman–Crippen LogP) is 2.35. The van der Waals surface area contributed by atoms with Crippen molar-refractivity contribution < 1.29 is 4.52 Å². The third-order valence-corrected chi connectivity index (χ3v) is 3.86. The molecule has 3 rings (SSSR count). The molecule has 0 aliphatic carbocycles. The van der Waals surface area contributed by atoms with Gasteiger partial charge in [0, 0.05) is 25.2 Å². The van der Waals surface area contributed by atoms with Gasteiger partial charge < -0.3 is 9.84 Å². The Hall–Kier alpha value is -1.43. The molecular formula is C15H21ClN4O. The predicted molar refractivity (Wildman–Crippen MR) is 84.7 cm³/mol. The number of benzene rings is 1. The molecule has 1 aromatic carbocycles. The van der Waals surface area contributed by atoms with E-state index >= 15 is 0 Å². The molecule has 0 amide bonds. The first-order valence-corrected chi connectivity index (χ1v) is 6.97. The molecule has 6 heteroatoms. The number of likely N-dealkylation sites (N-methyl/N-ethyl adjacent to an activating group) is 1. The number of aromatic nitrogens is 2. The third kappa shape index (κ3) is 3.26. The van der Waals surface area contributed by atoms with Crippen molar-refractivity contribution in [3.05, 3.63) is 35.2 Å². The number of nitrogens with zero attached hydrogens (tertiary/aromatic N) is 3. The Morgan fingerprint density at radius 3 is 2.86 bits per heavy atom. The molecule has 0 radical (unpaired) electrons. The largest absolute Gasteiger partial charge is 0.334 e. The van der Waals surface area contributed by atoms with Crippen LogP contribution in [0.5, 0.6) is 0 Å². The van der Waals surface area contributed by atoms with Crippen LogP contribution in [0.4, 0.5) is 0 Å². The molecule has 0 spiro atoms. The fourth-order valence-electron chi connectivity index (χ4n) is 2.63. The minimum atomic E-state index is 0. The Morgan fingerprint density at radius 2 is 2.14 bits per heavy atom. The number of aryl methyl sites for hydroxylation is 2. The van der Waals surface area contributed by atoms with Gasteiger partial charge >= 0.3 is 0 Å². The van der Waals surface area contributed by atoms with E-state index in [0.29, 0.717) is 5.89 Å². The fraction of sp³-hybridized carbons (Fsp3) is 0.467. The van der Waals surface area contributed by atoms with Crippen molar-refractivity contribution in [2.45, 2.75) is 19.9 Å². The molecule has 2 aromatic rings. The maximum Gasteiger partial charge on any atom is 0.258 e. The highest BCUT2D eigenvalue weighted by Crippen LogP contribution is 2.25. The first kappa shape index (κ1) is 15.9. The van der Waals surface area contributed by atoms with Crippen LogP contribution >= 0.6 is 12.4 Å². The molecule has 1 aliphatic rings. The molecule has 114 valence electrons. The highest BCUT2D eigenvalue weighted by atomic mass is 35.5. The summed E-state index contributed by atoms with van der Waals surface area (Å²) < 4.78 is 5.46. The van der Waals surface area contributed by atoms with Crippen molar-refractivity contribution in [2.75, 3.05) is 26.7 Å². The summed E-state index contributed by atoms with van der Waals surface area (Å²) >= 11 is 0. The fourth-order valence-corrected chi connectivity index (χ4v) is 2.63. The molecule has 21 heavy (non-hydrogen) atoms. The van der Waals surface area contributed by atoms with Crippen LogP contribution in [-0.4, -0.2) is 41.7 Å². The normalized spacial score (nSPS) is 19.3. The van der Waals surface area contributed by atoms with Crippen molar-refractivity contribution in [1.82, 2.24) is 20.4 Å². The van der Waals surface area contributed by atoms with Crippen molar-refractivity contribution in [1.29, 1.82) is 0 Å². The van der Waals surface area contributed by atoms with Crippen molar-refractivity contribution in [2.24, 2.45) is 0 Å². The maximum absolute atomic E-state index is 5.46. The molecule has 1 fully saturated rings. The van der Waals surface area contributed by atoms with Gasteiger partial charge in [0.05, 0.1) is 6.04 Å². The number of piperazine rings is 1. The lowest BCUT2D eigenvalue weighted by Gasteiger charge is -2.30. The first-order chi connectivity index (χ1) is 9.65. The van der Waals surface area contributed by atoms with E-state index in [1.54, 1.807) is 0 Å². The van der Waals surface area contributed by atoms with Gasteiger partial charge in [-0.3, -0.25) is 4.90 Å². The zero-order valence-electron chi connectivity index (χ0n) is 12.6. The topological polar surface area (TPSA) is 54.2 Å². The summed E-state index contributed by atoms with van der Waals surface area (Å²) in [6.07, 6.45) is 0. The first-order valence-electron chi connectivity index (χ1n) is 6.97. The van der Waals surface area contributed by atoms with E-state index in [2.05, 4.69) is 53.4 Å². The number of hydrogen-bond acceptors (Lipinski definition) is 5. The van der Waals surface area contributed by atoms with Crippen LogP contribution < -0.4 is 5.32 Å². The Balaban J connectivity index is 0.00000161. The molecule has 1 unspecified atom stereocenters. The Kier molecular flexibility index (Phi) is 4.98. The second-order valence-electron chi connectivity index (χ2n) is 5.48. The zero-order valence-corrected chi connectivity index (χ0v) is 13.4. The molecule has 0 saturated carbocycles. The maximum atomic E-state index is 5.46. The molecule has 0 bridgehead atoms. The van der Waals surface area contributed by atoms with Gasteiger partial charge in [-0.15, -0.1) is 12.4 Å². The van der Waals surface area contributed by atoms with E-state index in [4.69, 9.17) is 4.52 Å². The van der Waals surface area contributed by atoms with Gasteiger partial charge in [-0.05, 0) is 32.5 Å². The highest BCUT2D eigenvalue weighted by molar-refractivity contribution is 5.85. The van der Waals surface area contributed by atoms with Crippen LogP contribution in [0.3, 0.4) is 0 Å². The van der Waals surface area contributed by atoms with Gasteiger partial charge in [0.2, 0.25) is 0 Å². The molecule has 1 N–H and O–H groups in total. The molecule has 1 aliphatic heterocycles. The molecule has 2 heterocycles. The lowest BCUT2D eigenvalue weighted by molar-refractivity contribution is 0.190. The van der Waals surface area contributed by atoms with E-state index in [1.165, 1.54) is 5.56 Å². The zero-order chi connectivity index (χ0) is 14.1. The van der Waals surface area contributed by atoms with Gasteiger partial charge in [0.1, 0.15) is 0 Å². The highest BCUT2D eigenvalue weighted by Gasteiger charge is 2.25. The van der Waals surface area contributed by atoms with Gasteiger partial charge in [-0.1, -0.05) is 22.9 Å². The van der Waals surface area contributed by atoms with Gasteiger partial charge in [-0.2, -0.15) is 4.98 Å².